The predicted molar refractivity (Wildman–Crippen MR) is 118 cm³/mol. The van der Waals surface area contributed by atoms with E-state index in [1.54, 1.807) is 24.3 Å². The Morgan fingerprint density at radius 1 is 1.00 bits per heavy atom. The minimum atomic E-state index is -4.64. The zero-order valence-corrected chi connectivity index (χ0v) is 18.4. The third kappa shape index (κ3) is 5.98. The number of carbonyl (C=O) groups excluding carboxylic acids is 2. The largest absolute Gasteiger partial charge is 0.416 e. The quantitative estimate of drug-likeness (QED) is 0.372. The number of hydrogen-bond donors (Lipinski definition) is 2. The van der Waals surface area contributed by atoms with Crippen molar-refractivity contribution in [2.45, 2.75) is 24.9 Å². The Balaban J connectivity index is 1.90. The zero-order chi connectivity index (χ0) is 24.9. The number of alkyl halides is 3. The molecule has 0 atom stereocenters. The summed E-state index contributed by atoms with van der Waals surface area (Å²) in [5, 5.41) is 2.56. The Bertz CT molecular complexity index is 1340. The highest BCUT2D eigenvalue weighted by Crippen LogP contribution is 2.30. The summed E-state index contributed by atoms with van der Waals surface area (Å²) in [5.74, 6) is -0.861. The number of amides is 1. The Morgan fingerprint density at radius 3 is 2.29 bits per heavy atom. The van der Waals surface area contributed by atoms with Crippen molar-refractivity contribution in [3.63, 3.8) is 0 Å². The van der Waals surface area contributed by atoms with Crippen LogP contribution in [0.15, 0.2) is 65.5 Å². The molecule has 0 saturated heterocycles. The van der Waals surface area contributed by atoms with Gasteiger partial charge in [0.1, 0.15) is 22.6 Å². The number of thiol groups is 1. The van der Waals surface area contributed by atoms with Crippen molar-refractivity contribution in [3.05, 3.63) is 99.0 Å². The van der Waals surface area contributed by atoms with Crippen molar-refractivity contribution in [1.29, 1.82) is 0 Å². The topological polar surface area (TPSA) is 102 Å². The van der Waals surface area contributed by atoms with E-state index < -0.39 is 33.9 Å². The van der Waals surface area contributed by atoms with Gasteiger partial charge in [0.25, 0.3) is 11.5 Å². The molecule has 0 aliphatic rings. The first-order chi connectivity index (χ1) is 16.1. The van der Waals surface area contributed by atoms with E-state index in [1.165, 1.54) is 18.2 Å². The molecule has 34 heavy (non-hydrogen) atoms. The number of carbonyl (C=O) groups is 2. The summed E-state index contributed by atoms with van der Waals surface area (Å²) < 4.78 is 62.0. The Morgan fingerprint density at radius 2 is 1.68 bits per heavy atom. The molecule has 1 N–H and O–H groups in total. The van der Waals surface area contributed by atoms with Gasteiger partial charge in [-0.1, -0.05) is 30.3 Å². The average molecular weight is 492 g/mol. The van der Waals surface area contributed by atoms with Crippen molar-refractivity contribution >= 4 is 22.9 Å². The van der Waals surface area contributed by atoms with Gasteiger partial charge in [-0.2, -0.15) is 13.2 Å². The summed E-state index contributed by atoms with van der Waals surface area (Å²) >= 11 is 0. The van der Waals surface area contributed by atoms with Crippen molar-refractivity contribution in [1.82, 2.24) is 9.88 Å². The number of nitrogens with zero attached hydrogens (tertiary/aromatic N) is 1. The van der Waals surface area contributed by atoms with Gasteiger partial charge in [0.15, 0.2) is 0 Å². The lowest BCUT2D eigenvalue weighted by atomic mass is 10.1. The van der Waals surface area contributed by atoms with Crippen LogP contribution in [0.5, 0.6) is 0 Å². The number of aromatic nitrogens is 1. The molecule has 1 heterocycles. The highest BCUT2D eigenvalue weighted by atomic mass is 32.2. The second kappa shape index (κ2) is 10.5. The van der Waals surface area contributed by atoms with Crippen LogP contribution in [0.2, 0.25) is 0 Å². The van der Waals surface area contributed by atoms with Crippen molar-refractivity contribution in [3.8, 4) is 5.69 Å². The van der Waals surface area contributed by atoms with Crippen LogP contribution >= 0.6 is 0 Å². The monoisotopic (exact) mass is 492 g/mol. The molecule has 0 unspecified atom stereocenters. The second-order valence-corrected chi connectivity index (χ2v) is 8.27. The highest BCUT2D eigenvalue weighted by molar-refractivity contribution is 7.71. The second-order valence-electron chi connectivity index (χ2n) is 7.29. The molecule has 2 aromatic carbocycles. The standard InChI is InChI=1S/C23H19F3N2O5S/c24-23(25,26)17-2-1-3-19(12-17)28-18(10-11-29)8-9-20(22(28)31)21(30)27-13-15-4-6-16(7-5-15)14-34(32)33/h1-9,11-12,34H,10,13-14H2,(H,27,30). The molecule has 0 bridgehead atoms. The van der Waals surface area contributed by atoms with Gasteiger partial charge in [-0.3, -0.25) is 14.2 Å². The van der Waals surface area contributed by atoms with E-state index >= 15 is 0 Å². The van der Waals surface area contributed by atoms with Gasteiger partial charge in [0, 0.05) is 24.3 Å². The van der Waals surface area contributed by atoms with E-state index in [-0.39, 0.29) is 35.7 Å². The summed E-state index contributed by atoms with van der Waals surface area (Å²) in [5.41, 5.74) is -0.927. The number of hydrogen-bond acceptors (Lipinski definition) is 5. The molecule has 0 saturated carbocycles. The van der Waals surface area contributed by atoms with E-state index in [4.69, 9.17) is 0 Å². The maximum Gasteiger partial charge on any atom is 0.416 e. The number of halogens is 3. The lowest BCUT2D eigenvalue weighted by molar-refractivity contribution is -0.137. The molecule has 0 fully saturated rings. The molecule has 0 radical (unpaired) electrons. The van der Waals surface area contributed by atoms with E-state index in [9.17, 15) is 36.0 Å². The van der Waals surface area contributed by atoms with E-state index in [1.807, 2.05) is 0 Å². The van der Waals surface area contributed by atoms with Gasteiger partial charge in [-0.15, -0.1) is 0 Å². The lowest BCUT2D eigenvalue weighted by Gasteiger charge is -2.15. The minimum Gasteiger partial charge on any atom is -0.348 e. The normalized spacial score (nSPS) is 11.4. The van der Waals surface area contributed by atoms with Gasteiger partial charge in [0.05, 0.1) is 11.3 Å². The highest BCUT2D eigenvalue weighted by Gasteiger charge is 2.31. The summed E-state index contributed by atoms with van der Waals surface area (Å²) in [4.78, 5) is 36.8. The van der Waals surface area contributed by atoms with Crippen LogP contribution in [0.3, 0.4) is 0 Å². The SMILES string of the molecule is O=CCc1ccc(C(=O)NCc2ccc(C[SH](=O)=O)cc2)c(=O)n1-c1cccc(C(F)(F)F)c1. The fourth-order valence-corrected chi connectivity index (χ4v) is 3.80. The van der Waals surface area contributed by atoms with Crippen molar-refractivity contribution in [2.75, 3.05) is 0 Å². The molecule has 3 aromatic rings. The van der Waals surface area contributed by atoms with Crippen LogP contribution in [-0.2, 0) is 40.4 Å². The van der Waals surface area contributed by atoms with Crippen molar-refractivity contribution < 1.29 is 31.2 Å². The summed E-state index contributed by atoms with van der Waals surface area (Å²) in [7, 11) is -2.57. The molecule has 0 aliphatic heterocycles. The van der Waals surface area contributed by atoms with Gasteiger partial charge in [-0.05, 0) is 41.5 Å². The summed E-state index contributed by atoms with van der Waals surface area (Å²) in [6, 6.07) is 13.0. The summed E-state index contributed by atoms with van der Waals surface area (Å²) in [6.07, 6.45) is -4.38. The first-order valence-corrected chi connectivity index (χ1v) is 11.3. The van der Waals surface area contributed by atoms with Gasteiger partial charge in [0.2, 0.25) is 0 Å². The van der Waals surface area contributed by atoms with Gasteiger partial charge in [-0.25, -0.2) is 8.42 Å². The molecule has 3 rings (SSSR count). The van der Waals surface area contributed by atoms with Crippen LogP contribution < -0.4 is 10.9 Å². The molecule has 11 heteroatoms. The molecular weight excluding hydrogens is 473 g/mol. The fraction of sp³-hybridized carbons (Fsp3) is 0.174. The van der Waals surface area contributed by atoms with Gasteiger partial charge < -0.3 is 10.1 Å². The van der Waals surface area contributed by atoms with Crippen LogP contribution in [0.1, 0.15) is 32.7 Å². The van der Waals surface area contributed by atoms with Crippen LogP contribution in [0.25, 0.3) is 5.69 Å². The molecule has 178 valence electrons. The number of aldehydes is 1. The molecular formula is C23H19F3N2O5S. The first kappa shape index (κ1) is 24.9. The van der Waals surface area contributed by atoms with Gasteiger partial charge >= 0.3 is 6.18 Å². The third-order valence-corrected chi connectivity index (χ3v) is 5.54. The number of pyridine rings is 1. The lowest BCUT2D eigenvalue weighted by Crippen LogP contribution is -2.33. The minimum absolute atomic E-state index is 0.0295. The van der Waals surface area contributed by atoms with E-state index in [2.05, 4.69) is 5.32 Å². The molecule has 7 nitrogen and oxygen atoms in total. The molecule has 1 amide bonds. The number of benzene rings is 2. The van der Waals surface area contributed by atoms with Crippen LogP contribution in [0, 0.1) is 0 Å². The maximum absolute atomic E-state index is 13.2. The van der Waals surface area contributed by atoms with E-state index in [0.717, 1.165) is 22.8 Å². The first-order valence-electron chi connectivity index (χ1n) is 9.94. The third-order valence-electron chi connectivity index (χ3n) is 4.92. The van der Waals surface area contributed by atoms with Crippen LogP contribution in [-0.4, -0.2) is 25.2 Å². The maximum atomic E-state index is 13.2. The average Bonchev–Trinajstić information content (AvgIpc) is 2.78. The number of nitrogens with one attached hydrogen (secondary N) is 1. The number of rotatable bonds is 8. The smallest absolute Gasteiger partial charge is 0.348 e. The fourth-order valence-electron chi connectivity index (χ4n) is 3.29. The predicted octanol–water partition coefficient (Wildman–Crippen LogP) is 2.64. The zero-order valence-electron chi connectivity index (χ0n) is 17.5. The molecule has 1 aromatic heterocycles. The Labute approximate surface area is 193 Å². The molecule has 0 spiro atoms. The summed E-state index contributed by atoms with van der Waals surface area (Å²) in [6.45, 7) is 0.0295. The molecule has 0 aliphatic carbocycles. The Kier molecular flexibility index (Phi) is 7.67. The van der Waals surface area contributed by atoms with Crippen LogP contribution in [0.4, 0.5) is 13.2 Å². The van der Waals surface area contributed by atoms with Crippen molar-refractivity contribution in [2.24, 2.45) is 0 Å². The Hall–Kier alpha value is -3.73. The van der Waals surface area contributed by atoms with E-state index in [0.29, 0.717) is 17.4 Å².